The molecule has 1 unspecified atom stereocenters. The number of likely N-dealkylation sites (tertiary alicyclic amines) is 1. The van der Waals surface area contributed by atoms with Crippen molar-refractivity contribution in [3.05, 3.63) is 24.3 Å². The maximum absolute atomic E-state index is 13.7. The molecule has 0 aliphatic carbocycles. The van der Waals surface area contributed by atoms with Gasteiger partial charge in [0.25, 0.3) is 0 Å². The number of amides is 2. The largest absolute Gasteiger partial charge is 0.409 e. The first-order valence-electron chi connectivity index (χ1n) is 9.87. The van der Waals surface area contributed by atoms with Crippen molar-refractivity contribution >= 4 is 23.2 Å². The van der Waals surface area contributed by atoms with Crippen molar-refractivity contribution in [3.8, 4) is 0 Å². The number of fused-ring (bicyclic) bond motifs is 1. The average Bonchev–Trinajstić information content (AvgIpc) is 2.83. The zero-order chi connectivity index (χ0) is 21.0. The van der Waals surface area contributed by atoms with Gasteiger partial charge in [-0.2, -0.15) is 13.2 Å². The summed E-state index contributed by atoms with van der Waals surface area (Å²) in [6, 6.07) is 3.92. The fraction of sp³-hybridized carbons (Fsp3) is 0.600. The van der Waals surface area contributed by atoms with Crippen molar-refractivity contribution in [2.75, 3.05) is 43.1 Å². The minimum atomic E-state index is -4.71. The third-order valence-corrected chi connectivity index (χ3v) is 5.40. The zero-order valence-corrected chi connectivity index (χ0v) is 16.4. The minimum Gasteiger partial charge on any atom is -0.381 e. The number of ether oxygens (including phenoxy) is 1. The van der Waals surface area contributed by atoms with Crippen LogP contribution in [0, 0.1) is 5.92 Å². The van der Waals surface area contributed by atoms with Crippen LogP contribution in [0.2, 0.25) is 0 Å². The first-order valence-corrected chi connectivity index (χ1v) is 9.87. The minimum absolute atomic E-state index is 0.0805. The number of nitrogens with zero attached hydrogens (tertiary/aromatic N) is 2. The molecule has 1 aromatic carbocycles. The van der Waals surface area contributed by atoms with E-state index in [0.29, 0.717) is 32.2 Å². The third kappa shape index (κ3) is 5.27. The van der Waals surface area contributed by atoms with Gasteiger partial charge in [-0.15, -0.1) is 0 Å². The number of anilines is 2. The number of hydrogen-bond acceptors (Lipinski definition) is 4. The molecule has 2 aliphatic heterocycles. The van der Waals surface area contributed by atoms with E-state index < -0.39 is 30.5 Å². The Labute approximate surface area is 168 Å². The Kier molecular flexibility index (Phi) is 6.79. The number of carbonyl (C=O) groups is 2. The fourth-order valence-corrected chi connectivity index (χ4v) is 3.86. The van der Waals surface area contributed by atoms with E-state index in [-0.39, 0.29) is 17.9 Å². The van der Waals surface area contributed by atoms with E-state index in [2.05, 4.69) is 5.32 Å². The Balaban J connectivity index is 1.77. The molecule has 0 saturated carbocycles. The van der Waals surface area contributed by atoms with E-state index in [1.165, 1.54) is 12.1 Å². The molecule has 0 radical (unpaired) electrons. The molecule has 1 N–H and O–H groups in total. The van der Waals surface area contributed by atoms with Crippen LogP contribution in [0.5, 0.6) is 0 Å². The van der Waals surface area contributed by atoms with E-state index in [9.17, 15) is 22.8 Å². The summed E-state index contributed by atoms with van der Waals surface area (Å²) in [5.41, 5.74) is 0.296. The predicted molar refractivity (Wildman–Crippen MR) is 103 cm³/mol. The molecule has 2 aliphatic rings. The zero-order valence-electron chi connectivity index (χ0n) is 16.4. The molecule has 6 nitrogen and oxygen atoms in total. The number of rotatable bonds is 5. The maximum atomic E-state index is 13.7. The van der Waals surface area contributed by atoms with Crippen LogP contribution in [0.3, 0.4) is 0 Å². The lowest BCUT2D eigenvalue weighted by Crippen LogP contribution is -2.53. The van der Waals surface area contributed by atoms with Gasteiger partial charge in [0.2, 0.25) is 11.8 Å². The fourth-order valence-electron chi connectivity index (χ4n) is 3.86. The van der Waals surface area contributed by atoms with Gasteiger partial charge in [0.05, 0.1) is 24.3 Å². The van der Waals surface area contributed by atoms with Gasteiger partial charge >= 0.3 is 6.18 Å². The summed E-state index contributed by atoms with van der Waals surface area (Å²) < 4.78 is 46.7. The molecule has 160 valence electrons. The lowest BCUT2D eigenvalue weighted by Gasteiger charge is -2.35. The normalized spacial score (nSPS) is 21.4. The van der Waals surface area contributed by atoms with Gasteiger partial charge in [0, 0.05) is 13.2 Å². The highest BCUT2D eigenvalue weighted by molar-refractivity contribution is 6.05. The summed E-state index contributed by atoms with van der Waals surface area (Å²) >= 11 is 0. The topological polar surface area (TPSA) is 61.9 Å². The van der Waals surface area contributed by atoms with Gasteiger partial charge in [-0.1, -0.05) is 12.1 Å². The molecular weight excluding hydrogens is 387 g/mol. The van der Waals surface area contributed by atoms with Crippen LogP contribution < -0.4 is 10.2 Å². The number of benzene rings is 1. The Morgan fingerprint density at radius 2 is 1.93 bits per heavy atom. The number of piperidine rings is 1. The van der Waals surface area contributed by atoms with Crippen LogP contribution in [-0.4, -0.2) is 61.8 Å². The molecule has 0 aromatic heterocycles. The van der Waals surface area contributed by atoms with Gasteiger partial charge in [0.1, 0.15) is 6.04 Å². The first-order chi connectivity index (χ1) is 13.8. The number of para-hydroxylation sites is 2. The number of halogens is 3. The van der Waals surface area contributed by atoms with Gasteiger partial charge < -0.3 is 10.1 Å². The Hall–Kier alpha value is -2.13. The van der Waals surface area contributed by atoms with Crippen molar-refractivity contribution < 1.29 is 27.5 Å². The molecule has 0 spiro atoms. The van der Waals surface area contributed by atoms with Crippen molar-refractivity contribution in [2.45, 2.75) is 38.4 Å². The second-order valence-electron chi connectivity index (χ2n) is 7.47. The molecule has 2 amide bonds. The second-order valence-corrected chi connectivity index (χ2v) is 7.47. The molecule has 1 atom stereocenters. The third-order valence-electron chi connectivity index (χ3n) is 5.40. The van der Waals surface area contributed by atoms with Gasteiger partial charge in [-0.05, 0) is 50.9 Å². The van der Waals surface area contributed by atoms with E-state index >= 15 is 0 Å². The number of nitrogens with one attached hydrogen (secondary N) is 1. The van der Waals surface area contributed by atoms with Gasteiger partial charge in [-0.25, -0.2) is 0 Å². The molecule has 2 heterocycles. The average molecular weight is 413 g/mol. The molecule has 9 heteroatoms. The first kappa shape index (κ1) is 21.6. The summed E-state index contributed by atoms with van der Waals surface area (Å²) in [4.78, 5) is 27.7. The van der Waals surface area contributed by atoms with Crippen molar-refractivity contribution in [1.29, 1.82) is 0 Å². The number of hydrogen-bond donors (Lipinski definition) is 1. The van der Waals surface area contributed by atoms with Crippen molar-refractivity contribution in [3.63, 3.8) is 0 Å². The second kappa shape index (κ2) is 9.13. The Bertz CT molecular complexity index is 733. The Morgan fingerprint density at radius 1 is 1.24 bits per heavy atom. The van der Waals surface area contributed by atoms with Crippen molar-refractivity contribution in [2.24, 2.45) is 5.92 Å². The van der Waals surface area contributed by atoms with Crippen LogP contribution in [0.4, 0.5) is 24.5 Å². The van der Waals surface area contributed by atoms with Gasteiger partial charge in [-0.3, -0.25) is 19.4 Å². The molecule has 1 aromatic rings. The summed E-state index contributed by atoms with van der Waals surface area (Å²) in [5, 5.41) is 2.48. The summed E-state index contributed by atoms with van der Waals surface area (Å²) in [6.45, 7) is 4.40. The van der Waals surface area contributed by atoms with Crippen LogP contribution in [-0.2, 0) is 14.3 Å². The van der Waals surface area contributed by atoms with Crippen LogP contribution in [0.15, 0.2) is 24.3 Å². The number of alkyl halides is 3. The lowest BCUT2D eigenvalue weighted by molar-refractivity contribution is -0.158. The van der Waals surface area contributed by atoms with Crippen LogP contribution >= 0.6 is 0 Å². The predicted octanol–water partition coefficient (Wildman–Crippen LogP) is 3.04. The molecular formula is C20H26F3N3O3. The SMILES string of the molecule is CCOCC1CCN(CC(=O)N2c3ccccc3NC(=O)CC2C(F)(F)F)CC1. The monoisotopic (exact) mass is 413 g/mol. The van der Waals surface area contributed by atoms with Crippen LogP contribution in [0.1, 0.15) is 26.2 Å². The van der Waals surface area contributed by atoms with E-state index in [4.69, 9.17) is 4.74 Å². The number of carbonyl (C=O) groups excluding carboxylic acids is 2. The summed E-state index contributed by atoms with van der Waals surface area (Å²) in [7, 11) is 0. The highest BCUT2D eigenvalue weighted by Gasteiger charge is 2.49. The highest BCUT2D eigenvalue weighted by atomic mass is 19.4. The van der Waals surface area contributed by atoms with Crippen molar-refractivity contribution in [1.82, 2.24) is 4.90 Å². The molecule has 1 fully saturated rings. The molecule has 1 saturated heterocycles. The Morgan fingerprint density at radius 3 is 2.59 bits per heavy atom. The highest BCUT2D eigenvalue weighted by Crippen LogP contribution is 2.37. The van der Waals surface area contributed by atoms with Gasteiger partial charge in [0.15, 0.2) is 0 Å². The summed E-state index contributed by atoms with van der Waals surface area (Å²) in [5.74, 6) is -1.00. The molecule has 0 bridgehead atoms. The van der Waals surface area contributed by atoms with E-state index in [1.54, 1.807) is 12.1 Å². The van der Waals surface area contributed by atoms with E-state index in [1.807, 2.05) is 11.8 Å². The van der Waals surface area contributed by atoms with E-state index in [0.717, 1.165) is 17.7 Å². The quantitative estimate of drug-likeness (QED) is 0.806. The molecule has 29 heavy (non-hydrogen) atoms. The smallest absolute Gasteiger partial charge is 0.381 e. The summed E-state index contributed by atoms with van der Waals surface area (Å²) in [6.07, 6.45) is -3.85. The molecule has 3 rings (SSSR count). The standard InChI is InChI=1S/C20H26F3N3O3/c1-2-29-13-14-7-9-25(10-8-14)12-19(28)26-16-6-4-3-5-15(16)24-18(27)11-17(26)20(21,22)23/h3-6,14,17H,2,7-13H2,1H3,(H,24,27). The van der Waals surface area contributed by atoms with Crippen LogP contribution in [0.25, 0.3) is 0 Å². The maximum Gasteiger partial charge on any atom is 0.409 e. The lowest BCUT2D eigenvalue weighted by atomic mass is 9.98.